The van der Waals surface area contributed by atoms with Crippen LogP contribution in [0.4, 0.5) is 5.69 Å². The number of aromatic nitrogens is 3. The van der Waals surface area contributed by atoms with E-state index in [2.05, 4.69) is 15.4 Å². The molecule has 0 aromatic carbocycles. The molecule has 0 unspecified atom stereocenters. The molecule has 0 radical (unpaired) electrons. The van der Waals surface area contributed by atoms with Gasteiger partial charge in [0.2, 0.25) is 0 Å². The zero-order valence-electron chi connectivity index (χ0n) is 10.8. The van der Waals surface area contributed by atoms with Gasteiger partial charge in [0, 0.05) is 24.4 Å². The molecule has 20 heavy (non-hydrogen) atoms. The van der Waals surface area contributed by atoms with Crippen molar-refractivity contribution in [1.82, 2.24) is 14.8 Å². The average molecular weight is 267 g/mol. The number of nitriles is 1. The first-order valence-corrected chi connectivity index (χ1v) is 6.47. The molecule has 2 aromatic heterocycles. The van der Waals surface area contributed by atoms with Crippen LogP contribution in [0.25, 0.3) is 0 Å². The second-order valence-corrected chi connectivity index (χ2v) is 4.65. The number of anilines is 1. The predicted octanol–water partition coefficient (Wildman–Crippen LogP) is 0.916. The Bertz CT molecular complexity index is 744. The number of pyridine rings is 1. The summed E-state index contributed by atoms with van der Waals surface area (Å²) in [4.78, 5) is 16.0. The van der Waals surface area contributed by atoms with Crippen LogP contribution in [0.15, 0.2) is 29.2 Å². The maximum atomic E-state index is 12.1. The highest BCUT2D eigenvalue weighted by molar-refractivity contribution is 5.48. The molecule has 100 valence electrons. The lowest BCUT2D eigenvalue weighted by Gasteiger charge is -2.17. The summed E-state index contributed by atoms with van der Waals surface area (Å²) in [6.07, 6.45) is 3.43. The first-order chi connectivity index (χ1) is 9.78. The van der Waals surface area contributed by atoms with Gasteiger partial charge in [-0.3, -0.25) is 4.79 Å². The monoisotopic (exact) mass is 267 g/mol. The molecule has 2 aromatic rings. The summed E-state index contributed by atoms with van der Waals surface area (Å²) in [6, 6.07) is 7.14. The summed E-state index contributed by atoms with van der Waals surface area (Å²) in [5.41, 5.74) is 2.58. The van der Waals surface area contributed by atoms with Crippen LogP contribution in [0.2, 0.25) is 0 Å². The third-order valence-electron chi connectivity index (χ3n) is 3.30. The Labute approximate surface area is 115 Å². The van der Waals surface area contributed by atoms with Crippen LogP contribution in [-0.4, -0.2) is 21.3 Å². The van der Waals surface area contributed by atoms with Crippen molar-refractivity contribution in [2.24, 2.45) is 0 Å². The van der Waals surface area contributed by atoms with Crippen molar-refractivity contribution in [2.75, 3.05) is 11.9 Å². The van der Waals surface area contributed by atoms with Crippen molar-refractivity contribution in [3.05, 3.63) is 51.7 Å². The molecule has 0 aliphatic carbocycles. The molecule has 0 saturated carbocycles. The number of rotatable bonds is 2. The van der Waals surface area contributed by atoms with Gasteiger partial charge in [-0.1, -0.05) is 6.07 Å². The maximum Gasteiger partial charge on any atom is 0.269 e. The Kier molecular flexibility index (Phi) is 3.17. The van der Waals surface area contributed by atoms with E-state index in [-0.39, 0.29) is 12.1 Å². The SMILES string of the molecule is N#Cc1ncccc1Cn1nc2c(cc1=O)NCCC2. The molecule has 1 N–H and O–H groups in total. The second kappa shape index (κ2) is 5.13. The van der Waals surface area contributed by atoms with Crippen LogP contribution in [0.5, 0.6) is 0 Å². The third-order valence-corrected chi connectivity index (χ3v) is 3.30. The van der Waals surface area contributed by atoms with Crippen molar-refractivity contribution in [1.29, 1.82) is 5.26 Å². The first kappa shape index (κ1) is 12.4. The second-order valence-electron chi connectivity index (χ2n) is 4.65. The molecule has 0 fully saturated rings. The molecule has 1 aliphatic heterocycles. The Balaban J connectivity index is 1.99. The summed E-state index contributed by atoms with van der Waals surface area (Å²) >= 11 is 0. The summed E-state index contributed by atoms with van der Waals surface area (Å²) in [5.74, 6) is 0. The Hall–Kier alpha value is -2.68. The molecule has 6 heteroatoms. The lowest BCUT2D eigenvalue weighted by molar-refractivity contribution is 0.606. The first-order valence-electron chi connectivity index (χ1n) is 6.47. The van der Waals surface area contributed by atoms with E-state index in [0.717, 1.165) is 30.8 Å². The van der Waals surface area contributed by atoms with E-state index >= 15 is 0 Å². The minimum Gasteiger partial charge on any atom is -0.383 e. The van der Waals surface area contributed by atoms with E-state index in [1.807, 2.05) is 6.07 Å². The Morgan fingerprint density at radius 1 is 1.50 bits per heavy atom. The summed E-state index contributed by atoms with van der Waals surface area (Å²) in [6.45, 7) is 1.14. The summed E-state index contributed by atoms with van der Waals surface area (Å²) < 4.78 is 1.39. The fraction of sp³-hybridized carbons (Fsp3) is 0.286. The number of aryl methyl sites for hydroxylation is 1. The van der Waals surface area contributed by atoms with Gasteiger partial charge < -0.3 is 5.32 Å². The van der Waals surface area contributed by atoms with Crippen LogP contribution >= 0.6 is 0 Å². The summed E-state index contributed by atoms with van der Waals surface area (Å²) in [7, 11) is 0. The lowest BCUT2D eigenvalue weighted by Crippen LogP contribution is -2.27. The van der Waals surface area contributed by atoms with Crippen molar-refractivity contribution >= 4 is 5.69 Å². The topological polar surface area (TPSA) is 83.6 Å². The third kappa shape index (κ3) is 2.26. The fourth-order valence-corrected chi connectivity index (χ4v) is 2.29. The zero-order valence-corrected chi connectivity index (χ0v) is 10.8. The lowest BCUT2D eigenvalue weighted by atomic mass is 10.1. The van der Waals surface area contributed by atoms with Gasteiger partial charge in [-0.15, -0.1) is 0 Å². The molecule has 0 bridgehead atoms. The number of fused-ring (bicyclic) bond motifs is 1. The molecule has 3 heterocycles. The Morgan fingerprint density at radius 3 is 3.25 bits per heavy atom. The standard InChI is InChI=1S/C14H13N5O/c15-8-13-10(3-1-5-17-13)9-19-14(20)7-12-11(18-19)4-2-6-16-12/h1,3,5,7,16H,2,4,6,9H2. The van der Waals surface area contributed by atoms with E-state index in [1.54, 1.807) is 24.4 Å². The highest BCUT2D eigenvalue weighted by Crippen LogP contribution is 2.17. The van der Waals surface area contributed by atoms with Gasteiger partial charge in [0.05, 0.1) is 17.9 Å². The van der Waals surface area contributed by atoms with E-state index in [9.17, 15) is 4.79 Å². The van der Waals surface area contributed by atoms with Gasteiger partial charge in [-0.2, -0.15) is 10.4 Å². The van der Waals surface area contributed by atoms with E-state index in [0.29, 0.717) is 11.3 Å². The van der Waals surface area contributed by atoms with Gasteiger partial charge in [-0.25, -0.2) is 9.67 Å². The van der Waals surface area contributed by atoms with Gasteiger partial charge in [0.1, 0.15) is 11.8 Å². The van der Waals surface area contributed by atoms with Crippen LogP contribution in [0, 0.1) is 11.3 Å². The van der Waals surface area contributed by atoms with E-state index < -0.39 is 0 Å². The highest BCUT2D eigenvalue weighted by atomic mass is 16.1. The molecule has 0 amide bonds. The van der Waals surface area contributed by atoms with Crippen molar-refractivity contribution in [2.45, 2.75) is 19.4 Å². The molecule has 3 rings (SSSR count). The molecule has 1 aliphatic rings. The number of nitrogens with zero attached hydrogens (tertiary/aromatic N) is 4. The minimum atomic E-state index is -0.175. The van der Waals surface area contributed by atoms with Crippen molar-refractivity contribution in [3.8, 4) is 6.07 Å². The van der Waals surface area contributed by atoms with E-state index in [1.165, 1.54) is 4.68 Å². The summed E-state index contributed by atoms with van der Waals surface area (Å²) in [5, 5.41) is 16.6. The normalized spacial score (nSPS) is 13.2. The predicted molar refractivity (Wildman–Crippen MR) is 73.4 cm³/mol. The van der Waals surface area contributed by atoms with Gasteiger partial charge >= 0.3 is 0 Å². The molecule has 0 saturated heterocycles. The molecule has 0 atom stereocenters. The van der Waals surface area contributed by atoms with Gasteiger partial charge in [0.25, 0.3) is 5.56 Å². The molecular formula is C14H13N5O. The highest BCUT2D eigenvalue weighted by Gasteiger charge is 2.13. The minimum absolute atomic E-state index is 0.175. The van der Waals surface area contributed by atoms with Gasteiger partial charge in [0.15, 0.2) is 0 Å². The fourth-order valence-electron chi connectivity index (χ4n) is 2.29. The van der Waals surface area contributed by atoms with Crippen LogP contribution in [0.1, 0.15) is 23.4 Å². The van der Waals surface area contributed by atoms with Crippen molar-refractivity contribution in [3.63, 3.8) is 0 Å². The smallest absolute Gasteiger partial charge is 0.269 e. The zero-order chi connectivity index (χ0) is 13.9. The Morgan fingerprint density at radius 2 is 2.40 bits per heavy atom. The van der Waals surface area contributed by atoms with Crippen LogP contribution in [-0.2, 0) is 13.0 Å². The number of hydrogen-bond donors (Lipinski definition) is 1. The largest absolute Gasteiger partial charge is 0.383 e. The number of nitrogens with one attached hydrogen (secondary N) is 1. The molecular weight excluding hydrogens is 254 g/mol. The molecule has 6 nitrogen and oxygen atoms in total. The van der Waals surface area contributed by atoms with Gasteiger partial charge in [-0.05, 0) is 18.9 Å². The van der Waals surface area contributed by atoms with Crippen molar-refractivity contribution < 1.29 is 0 Å². The van der Waals surface area contributed by atoms with Crippen LogP contribution in [0.3, 0.4) is 0 Å². The maximum absolute atomic E-state index is 12.1. The molecule has 0 spiro atoms. The number of hydrogen-bond acceptors (Lipinski definition) is 5. The van der Waals surface area contributed by atoms with Crippen LogP contribution < -0.4 is 10.9 Å². The average Bonchev–Trinajstić information content (AvgIpc) is 2.48. The van der Waals surface area contributed by atoms with E-state index in [4.69, 9.17) is 5.26 Å². The quantitative estimate of drug-likeness (QED) is 0.874.